The van der Waals surface area contributed by atoms with Gasteiger partial charge in [0.15, 0.2) is 0 Å². The molecule has 0 aliphatic heterocycles. The van der Waals surface area contributed by atoms with Gasteiger partial charge in [-0.1, -0.05) is 13.0 Å². The molecule has 1 N–H and O–H groups in total. The van der Waals surface area contributed by atoms with Crippen LogP contribution in [0, 0.1) is 0 Å². The van der Waals surface area contributed by atoms with Crippen molar-refractivity contribution in [2.75, 3.05) is 33.7 Å². The van der Waals surface area contributed by atoms with E-state index in [1.165, 1.54) is 0 Å². The van der Waals surface area contributed by atoms with Crippen LogP contribution in [0.25, 0.3) is 0 Å². The number of quaternary nitrogens is 1. The lowest BCUT2D eigenvalue weighted by Crippen LogP contribution is -2.42. The molecule has 0 aliphatic rings. The molecule has 1 amide bonds. The summed E-state index contributed by atoms with van der Waals surface area (Å²) < 4.78 is 0.920. The average molecular weight is 298 g/mol. The molecule has 0 fully saturated rings. The van der Waals surface area contributed by atoms with E-state index >= 15 is 0 Å². The van der Waals surface area contributed by atoms with Crippen molar-refractivity contribution in [1.82, 2.24) is 5.32 Å². The number of aliphatic carboxylic acids is 1. The normalized spacial score (nSPS) is 11.2. The van der Waals surface area contributed by atoms with Crippen LogP contribution in [0.1, 0.15) is 45.4 Å². The third kappa shape index (κ3) is 12.1. The summed E-state index contributed by atoms with van der Waals surface area (Å²) in [6.45, 7) is 8.06. The zero-order chi connectivity index (χ0) is 16.3. The van der Waals surface area contributed by atoms with Crippen LogP contribution in [0.4, 0.5) is 0 Å². The summed E-state index contributed by atoms with van der Waals surface area (Å²) in [6.07, 6.45) is 4.92. The molecular weight excluding hydrogens is 268 g/mol. The van der Waals surface area contributed by atoms with E-state index in [4.69, 9.17) is 0 Å². The highest BCUT2D eigenvalue weighted by molar-refractivity contribution is 5.91. The summed E-state index contributed by atoms with van der Waals surface area (Å²) in [5.74, 6) is -1.03. The first kappa shape index (κ1) is 19.6. The molecule has 21 heavy (non-hydrogen) atoms. The number of carboxylic acids is 1. The van der Waals surface area contributed by atoms with Crippen LogP contribution in [-0.2, 0) is 9.59 Å². The number of nitrogens with one attached hydrogen (secondary N) is 1. The first-order valence-electron chi connectivity index (χ1n) is 7.70. The molecule has 0 radical (unpaired) electrons. The Kier molecular flexibility index (Phi) is 9.71. The topological polar surface area (TPSA) is 69.2 Å². The second kappa shape index (κ2) is 10.4. The highest BCUT2D eigenvalue weighted by Crippen LogP contribution is 2.07. The lowest BCUT2D eigenvalue weighted by Gasteiger charge is -2.30. The summed E-state index contributed by atoms with van der Waals surface area (Å²) in [5, 5.41) is 13.1. The molecule has 0 rings (SSSR count). The van der Waals surface area contributed by atoms with Gasteiger partial charge in [0, 0.05) is 24.5 Å². The second-order valence-electron chi connectivity index (χ2n) is 6.31. The molecule has 122 valence electrons. The molecule has 0 unspecified atom stereocenters. The van der Waals surface area contributed by atoms with Gasteiger partial charge in [0.2, 0.25) is 5.91 Å². The Labute approximate surface area is 128 Å². The largest absolute Gasteiger partial charge is 0.550 e. The number of hydrogen-bond acceptors (Lipinski definition) is 3. The van der Waals surface area contributed by atoms with Gasteiger partial charge in [-0.2, -0.15) is 0 Å². The van der Waals surface area contributed by atoms with Crippen LogP contribution >= 0.6 is 0 Å². The first-order chi connectivity index (χ1) is 9.74. The van der Waals surface area contributed by atoms with Crippen molar-refractivity contribution in [3.63, 3.8) is 0 Å². The fourth-order valence-corrected chi connectivity index (χ4v) is 2.13. The van der Waals surface area contributed by atoms with E-state index in [9.17, 15) is 14.7 Å². The highest BCUT2D eigenvalue weighted by Gasteiger charge is 2.14. The molecule has 0 saturated heterocycles. The van der Waals surface area contributed by atoms with Gasteiger partial charge in [0.05, 0.1) is 27.2 Å². The number of carboxylic acid groups (broad SMARTS) is 1. The summed E-state index contributed by atoms with van der Waals surface area (Å²) in [4.78, 5) is 21.6. The van der Waals surface area contributed by atoms with Crippen LogP contribution in [0.5, 0.6) is 0 Å². The van der Waals surface area contributed by atoms with E-state index in [2.05, 4.69) is 26.0 Å². The summed E-state index contributed by atoms with van der Waals surface area (Å²) in [6, 6.07) is 0. The van der Waals surface area contributed by atoms with Crippen LogP contribution in [0.3, 0.4) is 0 Å². The molecule has 0 heterocycles. The number of rotatable bonds is 12. The number of carbonyl (C=O) groups is 2. The van der Waals surface area contributed by atoms with E-state index < -0.39 is 5.97 Å². The second-order valence-corrected chi connectivity index (χ2v) is 6.31. The van der Waals surface area contributed by atoms with Gasteiger partial charge >= 0.3 is 0 Å². The zero-order valence-corrected chi connectivity index (χ0v) is 13.7. The predicted octanol–water partition coefficient (Wildman–Crippen LogP) is 0.846. The maximum absolute atomic E-state index is 11.3. The molecule has 0 spiro atoms. The van der Waals surface area contributed by atoms with Gasteiger partial charge in [-0.05, 0) is 32.6 Å². The average Bonchev–Trinajstić information content (AvgIpc) is 2.38. The molecular formula is C16H30N2O3. The van der Waals surface area contributed by atoms with E-state index in [1.54, 1.807) is 6.92 Å². The van der Waals surface area contributed by atoms with E-state index in [1.807, 2.05) is 0 Å². The van der Waals surface area contributed by atoms with Gasteiger partial charge in [-0.25, -0.2) is 0 Å². The van der Waals surface area contributed by atoms with Crippen molar-refractivity contribution >= 4 is 11.9 Å². The molecule has 5 nitrogen and oxygen atoms in total. The Balaban J connectivity index is 3.62. The van der Waals surface area contributed by atoms with Crippen molar-refractivity contribution < 1.29 is 19.2 Å². The molecule has 0 bridgehead atoms. The Morgan fingerprint density at radius 2 is 1.62 bits per heavy atom. The molecule has 0 atom stereocenters. The van der Waals surface area contributed by atoms with Crippen molar-refractivity contribution in [3.8, 4) is 0 Å². The number of amides is 1. The van der Waals surface area contributed by atoms with Crippen LogP contribution in [0.2, 0.25) is 0 Å². The molecule has 0 aromatic rings. The minimum Gasteiger partial charge on any atom is -0.550 e. The third-order valence-corrected chi connectivity index (χ3v) is 3.51. The Morgan fingerprint density at radius 1 is 1.05 bits per heavy atom. The predicted molar refractivity (Wildman–Crippen MR) is 82.4 cm³/mol. The van der Waals surface area contributed by atoms with Crippen LogP contribution < -0.4 is 10.4 Å². The lowest BCUT2D eigenvalue weighted by molar-refractivity contribution is -0.890. The Hall–Kier alpha value is -1.36. The SMILES string of the molecule is C=C(C)C(=O)NCCC[N+](C)(C)CCCCCCC(=O)[O-]. The van der Waals surface area contributed by atoms with Crippen molar-refractivity contribution in [1.29, 1.82) is 0 Å². The van der Waals surface area contributed by atoms with Crippen LogP contribution in [-0.4, -0.2) is 50.1 Å². The van der Waals surface area contributed by atoms with Gasteiger partial charge < -0.3 is 19.7 Å². The number of hydrogen-bond donors (Lipinski definition) is 1. The molecule has 5 heteroatoms. The van der Waals surface area contributed by atoms with Gasteiger partial charge in [0.25, 0.3) is 0 Å². The maximum Gasteiger partial charge on any atom is 0.246 e. The summed E-state index contributed by atoms with van der Waals surface area (Å²) in [7, 11) is 4.36. The fraction of sp³-hybridized carbons (Fsp3) is 0.750. The standard InChI is InChI=1S/C16H30N2O3/c1-14(2)16(21)17-11-9-13-18(3,4)12-8-6-5-7-10-15(19)20/h1,5-13H2,2-4H3,(H-,17,19,20,21). The number of nitrogens with zero attached hydrogens (tertiary/aromatic N) is 1. The number of unbranched alkanes of at least 4 members (excludes halogenated alkanes) is 3. The first-order valence-corrected chi connectivity index (χ1v) is 7.70. The number of carbonyl (C=O) groups excluding carboxylic acids is 2. The van der Waals surface area contributed by atoms with E-state index in [-0.39, 0.29) is 12.3 Å². The molecule has 0 aliphatic carbocycles. The van der Waals surface area contributed by atoms with E-state index in [0.717, 1.165) is 43.3 Å². The minimum absolute atomic E-state index is 0.0757. The van der Waals surface area contributed by atoms with Gasteiger partial charge in [-0.3, -0.25) is 4.79 Å². The maximum atomic E-state index is 11.3. The molecule has 0 aromatic heterocycles. The quantitative estimate of drug-likeness (QED) is 0.330. The lowest BCUT2D eigenvalue weighted by atomic mass is 10.1. The summed E-state index contributed by atoms with van der Waals surface area (Å²) in [5.41, 5.74) is 0.542. The smallest absolute Gasteiger partial charge is 0.246 e. The minimum atomic E-state index is -0.956. The highest BCUT2D eigenvalue weighted by atomic mass is 16.4. The zero-order valence-electron chi connectivity index (χ0n) is 13.7. The molecule has 0 saturated carbocycles. The van der Waals surface area contributed by atoms with Crippen molar-refractivity contribution in [2.45, 2.75) is 45.4 Å². The van der Waals surface area contributed by atoms with Gasteiger partial charge in [0.1, 0.15) is 0 Å². The Bertz CT molecular complexity index is 351. The fourth-order valence-electron chi connectivity index (χ4n) is 2.13. The Morgan fingerprint density at radius 3 is 2.19 bits per heavy atom. The van der Waals surface area contributed by atoms with Crippen molar-refractivity contribution in [2.24, 2.45) is 0 Å². The summed E-state index contributed by atoms with van der Waals surface area (Å²) >= 11 is 0. The molecule has 0 aromatic carbocycles. The van der Waals surface area contributed by atoms with E-state index in [0.29, 0.717) is 18.5 Å². The third-order valence-electron chi connectivity index (χ3n) is 3.51. The van der Waals surface area contributed by atoms with Gasteiger partial charge in [-0.15, -0.1) is 0 Å². The van der Waals surface area contributed by atoms with Crippen LogP contribution in [0.15, 0.2) is 12.2 Å². The van der Waals surface area contributed by atoms with Crippen molar-refractivity contribution in [3.05, 3.63) is 12.2 Å². The monoisotopic (exact) mass is 298 g/mol.